The molecule has 0 spiro atoms. The number of allylic oxidation sites excluding steroid dienone is 1. The highest BCUT2D eigenvalue weighted by Gasteiger charge is 2.65. The third-order valence-corrected chi connectivity index (χ3v) is 13.5. The smallest absolute Gasteiger partial charge is 0.412 e. The molecule has 2 aromatic rings. The lowest BCUT2D eigenvalue weighted by Crippen LogP contribution is -2.70. The second-order valence-corrected chi connectivity index (χ2v) is 18.1. The van der Waals surface area contributed by atoms with Crippen molar-refractivity contribution >= 4 is 17.7 Å². The highest BCUT2D eigenvalue weighted by Crippen LogP contribution is 2.62. The first-order valence-corrected chi connectivity index (χ1v) is 24.8. The molecule has 0 aromatic heterocycles. The topological polar surface area (TPSA) is 148 Å². The fraction of sp³-hybridized carbons (Fsp3) is 0.642. The van der Waals surface area contributed by atoms with Crippen LogP contribution in [0.2, 0.25) is 0 Å². The Morgan fingerprint density at radius 3 is 2.29 bits per heavy atom. The van der Waals surface area contributed by atoms with Gasteiger partial charge in [-0.2, -0.15) is 0 Å². The number of carbonyl (C=O) groups excluding carboxylic acids is 2. The molecule has 12 heteroatoms. The van der Waals surface area contributed by atoms with Crippen LogP contribution in [0, 0.1) is 17.8 Å². The fourth-order valence-corrected chi connectivity index (χ4v) is 10.5. The first-order chi connectivity index (χ1) is 31.8. The van der Waals surface area contributed by atoms with Gasteiger partial charge in [-0.3, -0.25) is 4.79 Å². The van der Waals surface area contributed by atoms with Crippen LogP contribution >= 0.6 is 0 Å². The van der Waals surface area contributed by atoms with Crippen LogP contribution in [0.4, 0.5) is 4.79 Å². The zero-order valence-electron chi connectivity index (χ0n) is 39.9. The van der Waals surface area contributed by atoms with Gasteiger partial charge in [0.25, 0.3) is 0 Å². The number of nitrogens with one attached hydrogen (secondary N) is 1. The van der Waals surface area contributed by atoms with Crippen molar-refractivity contribution in [2.45, 2.75) is 154 Å². The molecule has 360 valence electrons. The summed E-state index contributed by atoms with van der Waals surface area (Å²) >= 11 is 0. The molecular weight excluding hydrogens is 823 g/mol. The monoisotopic (exact) mass is 902 g/mol. The number of carbonyl (C=O) groups is 2. The van der Waals surface area contributed by atoms with Gasteiger partial charge in [-0.25, -0.2) is 4.79 Å². The van der Waals surface area contributed by atoms with Crippen molar-refractivity contribution in [2.75, 3.05) is 47.1 Å². The van der Waals surface area contributed by atoms with E-state index in [1.54, 1.807) is 26.4 Å². The largest absolute Gasteiger partial charge is 0.497 e. The molecule has 6 atom stereocenters. The van der Waals surface area contributed by atoms with Gasteiger partial charge in [0.2, 0.25) is 11.7 Å². The van der Waals surface area contributed by atoms with Crippen molar-refractivity contribution < 1.29 is 43.6 Å². The molecule has 2 aliphatic carbocycles. The predicted octanol–water partition coefficient (Wildman–Crippen LogP) is 10.4. The van der Waals surface area contributed by atoms with Crippen molar-refractivity contribution in [1.82, 2.24) is 10.2 Å². The molecule has 12 nitrogen and oxygen atoms in total. The molecule has 1 fully saturated rings. The quantitative estimate of drug-likeness (QED) is 0.0396. The van der Waals surface area contributed by atoms with Gasteiger partial charge in [0.15, 0.2) is 0 Å². The van der Waals surface area contributed by atoms with Gasteiger partial charge < -0.3 is 44.2 Å². The highest BCUT2D eigenvalue weighted by molar-refractivity contribution is 6.03. The summed E-state index contributed by atoms with van der Waals surface area (Å²) in [6.45, 7) is 9.69. The highest BCUT2D eigenvalue weighted by atomic mass is 16.7. The SMILES string of the molecule is C=CCO[C@@]12Oc3ccc(OC(=O)NCCCCCCCCCCCC)cc3[C@H]3[C@H](CCCCO)[C@@H](CCCCO)C=C(C(=NOC)C[C@@H]1N(CCC)C(=O)Cc1cccc(OC)c1)[C@H]32. The number of oxime groups is 1. The zero-order chi connectivity index (χ0) is 46.4. The Labute approximate surface area is 389 Å². The number of nitrogens with zero attached hydrogens (tertiary/aromatic N) is 2. The summed E-state index contributed by atoms with van der Waals surface area (Å²) < 4.78 is 25.9. The number of fused-ring (bicyclic) bond motifs is 2. The van der Waals surface area contributed by atoms with E-state index in [9.17, 15) is 19.8 Å². The number of aliphatic hydroxyl groups excluding tert-OH is 2. The van der Waals surface area contributed by atoms with Crippen LogP contribution < -0.4 is 19.5 Å². The van der Waals surface area contributed by atoms with E-state index in [1.807, 2.05) is 41.3 Å². The Balaban J connectivity index is 1.53. The molecule has 0 saturated heterocycles. The molecule has 2 amide bonds. The van der Waals surface area contributed by atoms with Crippen LogP contribution in [0.25, 0.3) is 0 Å². The summed E-state index contributed by atoms with van der Waals surface area (Å²) in [5, 5.41) is 27.5. The van der Waals surface area contributed by atoms with Crippen LogP contribution in [0.5, 0.6) is 17.2 Å². The number of ether oxygens (including phenoxy) is 4. The number of aliphatic hydroxyl groups is 2. The van der Waals surface area contributed by atoms with Gasteiger partial charge in [0, 0.05) is 44.2 Å². The van der Waals surface area contributed by atoms with E-state index in [-0.39, 0.29) is 49.9 Å². The summed E-state index contributed by atoms with van der Waals surface area (Å²) in [7, 11) is 3.16. The molecule has 3 N–H and O–H groups in total. The number of hydrogen-bond acceptors (Lipinski definition) is 10. The molecule has 0 radical (unpaired) electrons. The molecule has 1 saturated carbocycles. The van der Waals surface area contributed by atoms with Gasteiger partial charge in [-0.15, -0.1) is 6.58 Å². The van der Waals surface area contributed by atoms with Gasteiger partial charge in [0.05, 0.1) is 31.8 Å². The normalized spacial score (nSPS) is 22.5. The van der Waals surface area contributed by atoms with Gasteiger partial charge in [-0.05, 0) is 91.8 Å². The zero-order valence-corrected chi connectivity index (χ0v) is 39.9. The van der Waals surface area contributed by atoms with Crippen LogP contribution in [-0.2, 0) is 20.8 Å². The molecule has 1 heterocycles. The lowest BCUT2D eigenvalue weighted by atomic mass is 9.55. The Morgan fingerprint density at radius 1 is 0.892 bits per heavy atom. The summed E-state index contributed by atoms with van der Waals surface area (Å²) in [6.07, 6.45) is 21.4. The van der Waals surface area contributed by atoms with E-state index in [0.717, 1.165) is 67.4 Å². The number of methoxy groups -OCH3 is 1. The van der Waals surface area contributed by atoms with E-state index in [2.05, 4.69) is 31.8 Å². The van der Waals surface area contributed by atoms with Gasteiger partial charge in [0.1, 0.15) is 30.4 Å². The van der Waals surface area contributed by atoms with E-state index in [0.29, 0.717) is 56.0 Å². The predicted molar refractivity (Wildman–Crippen MR) is 257 cm³/mol. The van der Waals surface area contributed by atoms with Crippen molar-refractivity contribution in [1.29, 1.82) is 0 Å². The maximum absolute atomic E-state index is 14.8. The molecule has 1 aliphatic heterocycles. The second kappa shape index (κ2) is 27.3. The molecular formula is C53H79N3O9. The van der Waals surface area contributed by atoms with E-state index >= 15 is 0 Å². The minimum Gasteiger partial charge on any atom is -0.497 e. The Morgan fingerprint density at radius 2 is 1.62 bits per heavy atom. The van der Waals surface area contributed by atoms with Crippen molar-refractivity contribution in [3.05, 3.63) is 77.9 Å². The molecule has 65 heavy (non-hydrogen) atoms. The number of rotatable bonds is 30. The lowest BCUT2D eigenvalue weighted by molar-refractivity contribution is -0.257. The Bertz CT molecular complexity index is 1850. The number of hydrogen-bond donors (Lipinski definition) is 3. The average molecular weight is 902 g/mol. The fourth-order valence-electron chi connectivity index (χ4n) is 10.5. The van der Waals surface area contributed by atoms with Crippen molar-refractivity contribution in [3.63, 3.8) is 0 Å². The molecule has 3 aliphatic rings. The molecule has 0 unspecified atom stereocenters. The van der Waals surface area contributed by atoms with Crippen molar-refractivity contribution in [3.8, 4) is 17.2 Å². The minimum absolute atomic E-state index is 0.0402. The lowest BCUT2D eigenvalue weighted by Gasteiger charge is -2.60. The van der Waals surface area contributed by atoms with E-state index in [1.165, 1.54) is 44.9 Å². The third kappa shape index (κ3) is 13.8. The number of unbranched alkanes of at least 4 members (excludes halogenated alkanes) is 11. The van der Waals surface area contributed by atoms with Gasteiger partial charge in [-0.1, -0.05) is 114 Å². The maximum atomic E-state index is 14.8. The average Bonchev–Trinajstić information content (AvgIpc) is 3.31. The van der Waals surface area contributed by atoms with Crippen LogP contribution in [0.1, 0.15) is 146 Å². The minimum atomic E-state index is -1.37. The summed E-state index contributed by atoms with van der Waals surface area (Å²) in [5.41, 5.74) is 3.40. The summed E-state index contributed by atoms with van der Waals surface area (Å²) in [6, 6.07) is 12.5. The van der Waals surface area contributed by atoms with E-state index < -0.39 is 23.8 Å². The maximum Gasteiger partial charge on any atom is 0.412 e. The standard InChI is InChI=1S/C53H79N3O9/c1-6-9-10-11-12-13-14-15-16-19-29-54-52(60)64-42-27-28-47-45(37-42)50-43(26-18-21-32-58)40(24-17-20-31-57)36-44-46(55-62-5)38-48(53(65-47,51(44)50)63-33-8-3)56(30-7-2)49(59)35-39-23-22-25-41(34-39)61-4/h8,22-23,25,27-28,34,36-37,40,43,48,50-51,57-58H,3,6-7,9-21,24,26,29-33,35,38H2,1-2,4-5H3,(H,54,60)/t40-,43+,48-,50+,51+,53+/m0/s1. The molecule has 0 bridgehead atoms. The molecule has 5 rings (SSSR count). The van der Waals surface area contributed by atoms with Crippen LogP contribution in [-0.4, -0.2) is 91.8 Å². The number of benzene rings is 2. The van der Waals surface area contributed by atoms with Crippen molar-refractivity contribution in [2.24, 2.45) is 22.9 Å². The molecule has 2 aromatic carbocycles. The first-order valence-electron chi connectivity index (χ1n) is 24.8. The Kier molecular flexibility index (Phi) is 21.7. The summed E-state index contributed by atoms with van der Waals surface area (Å²) in [4.78, 5) is 35.6. The van der Waals surface area contributed by atoms with Gasteiger partial charge >= 0.3 is 6.09 Å². The number of amides is 2. The second-order valence-electron chi connectivity index (χ2n) is 18.1. The third-order valence-electron chi connectivity index (χ3n) is 13.5. The van der Waals surface area contributed by atoms with E-state index in [4.69, 9.17) is 28.9 Å². The van der Waals surface area contributed by atoms with Crippen LogP contribution in [0.3, 0.4) is 0 Å². The Hall–Kier alpha value is -4.39. The first kappa shape index (κ1) is 51.6. The van der Waals surface area contributed by atoms with Crippen LogP contribution in [0.15, 0.2) is 71.9 Å². The summed E-state index contributed by atoms with van der Waals surface area (Å²) in [5.74, 6) is -0.333.